The zero-order valence-electron chi connectivity index (χ0n) is 13.0. The highest BCUT2D eigenvalue weighted by atomic mass is 16.5. The Morgan fingerprint density at radius 3 is 2.46 bits per heavy atom. The molecule has 0 amide bonds. The molecular weight excluding hydrogens is 304 g/mol. The third-order valence-electron chi connectivity index (χ3n) is 3.19. The van der Waals surface area contributed by atoms with Gasteiger partial charge in [-0.2, -0.15) is 10.5 Å². The molecular formula is C19H14N2O3. The minimum atomic E-state index is -0.390. The monoisotopic (exact) mass is 318 g/mol. The number of rotatable bonds is 5. The second kappa shape index (κ2) is 8.17. The fraction of sp³-hybridized carbons (Fsp3) is 0.105. The molecule has 0 aliphatic rings. The first-order chi connectivity index (χ1) is 11.7. The van der Waals surface area contributed by atoms with Crippen LogP contribution in [0.5, 0.6) is 5.75 Å². The lowest BCUT2D eigenvalue weighted by Crippen LogP contribution is -2.03. The summed E-state index contributed by atoms with van der Waals surface area (Å²) in [4.78, 5) is 11.5. The van der Waals surface area contributed by atoms with Gasteiger partial charge in [0, 0.05) is 0 Å². The van der Waals surface area contributed by atoms with E-state index in [1.54, 1.807) is 42.5 Å². The molecule has 0 unspecified atom stereocenters. The van der Waals surface area contributed by atoms with Crippen molar-refractivity contribution < 1.29 is 14.3 Å². The van der Waals surface area contributed by atoms with Crippen molar-refractivity contribution in [2.24, 2.45) is 0 Å². The Bertz CT molecular complexity index is 824. The van der Waals surface area contributed by atoms with Crippen molar-refractivity contribution in [1.82, 2.24) is 0 Å². The van der Waals surface area contributed by atoms with Crippen LogP contribution in [0.25, 0.3) is 6.08 Å². The molecule has 0 heterocycles. The number of ether oxygens (including phenoxy) is 2. The van der Waals surface area contributed by atoms with Gasteiger partial charge in [0.05, 0.1) is 12.7 Å². The Balaban J connectivity index is 2.03. The average molecular weight is 318 g/mol. The number of allylic oxidation sites excluding steroid dienone is 1. The summed E-state index contributed by atoms with van der Waals surface area (Å²) < 4.78 is 10.4. The molecule has 24 heavy (non-hydrogen) atoms. The summed E-state index contributed by atoms with van der Waals surface area (Å²) in [5.74, 6) is 0.255. The van der Waals surface area contributed by atoms with Gasteiger partial charge in [-0.1, -0.05) is 24.3 Å². The Morgan fingerprint density at radius 1 is 1.12 bits per heavy atom. The third kappa shape index (κ3) is 4.46. The molecule has 2 aromatic rings. The molecule has 2 aromatic carbocycles. The van der Waals surface area contributed by atoms with E-state index in [4.69, 9.17) is 15.3 Å². The number of nitrogens with zero attached hydrogens (tertiary/aromatic N) is 2. The molecule has 5 nitrogen and oxygen atoms in total. The third-order valence-corrected chi connectivity index (χ3v) is 3.19. The lowest BCUT2D eigenvalue weighted by atomic mass is 10.1. The molecule has 0 atom stereocenters. The van der Waals surface area contributed by atoms with Gasteiger partial charge in [-0.25, -0.2) is 4.79 Å². The van der Waals surface area contributed by atoms with Crippen LogP contribution >= 0.6 is 0 Å². The van der Waals surface area contributed by atoms with Crippen molar-refractivity contribution >= 4 is 12.0 Å². The molecule has 0 fully saturated rings. The van der Waals surface area contributed by atoms with E-state index in [-0.39, 0.29) is 5.57 Å². The van der Waals surface area contributed by atoms with Gasteiger partial charge in [-0.05, 0) is 41.5 Å². The maximum Gasteiger partial charge on any atom is 0.337 e. The fourth-order valence-electron chi connectivity index (χ4n) is 1.99. The van der Waals surface area contributed by atoms with Crippen molar-refractivity contribution in [2.75, 3.05) is 7.11 Å². The van der Waals surface area contributed by atoms with Crippen LogP contribution in [0.15, 0.2) is 54.1 Å². The average Bonchev–Trinajstić information content (AvgIpc) is 2.65. The van der Waals surface area contributed by atoms with Crippen molar-refractivity contribution in [1.29, 1.82) is 10.5 Å². The smallest absolute Gasteiger partial charge is 0.337 e. The van der Waals surface area contributed by atoms with Gasteiger partial charge in [-0.3, -0.25) is 0 Å². The number of esters is 1. The summed E-state index contributed by atoms with van der Waals surface area (Å²) in [5.41, 5.74) is 2.11. The molecule has 0 aliphatic carbocycles. The number of methoxy groups -OCH3 is 1. The number of benzene rings is 2. The van der Waals surface area contributed by atoms with E-state index >= 15 is 0 Å². The summed E-state index contributed by atoms with van der Waals surface area (Å²) in [5, 5.41) is 17.5. The van der Waals surface area contributed by atoms with Crippen LogP contribution in [0.2, 0.25) is 0 Å². The van der Waals surface area contributed by atoms with Crippen molar-refractivity contribution in [2.45, 2.75) is 6.61 Å². The molecule has 0 aliphatic heterocycles. The highest BCUT2D eigenvalue weighted by Crippen LogP contribution is 2.16. The first-order valence-corrected chi connectivity index (χ1v) is 7.08. The van der Waals surface area contributed by atoms with E-state index in [1.165, 1.54) is 13.2 Å². The van der Waals surface area contributed by atoms with Gasteiger partial charge in [0.1, 0.15) is 30.1 Å². The molecule has 0 bridgehead atoms. The molecule has 0 aromatic heterocycles. The van der Waals surface area contributed by atoms with Crippen molar-refractivity contribution in [3.05, 3.63) is 70.8 Å². The maximum absolute atomic E-state index is 11.5. The fourth-order valence-corrected chi connectivity index (χ4v) is 1.99. The normalized spacial score (nSPS) is 9.29. The zero-order valence-corrected chi connectivity index (χ0v) is 13.0. The molecule has 0 N–H and O–H groups in total. The molecule has 118 valence electrons. The van der Waals surface area contributed by atoms with E-state index in [0.717, 1.165) is 11.1 Å². The molecule has 0 saturated heterocycles. The predicted octanol–water partition coefficient (Wildman–Crippen LogP) is 3.48. The van der Waals surface area contributed by atoms with Gasteiger partial charge in [0.15, 0.2) is 0 Å². The van der Waals surface area contributed by atoms with Gasteiger partial charge in [-0.15, -0.1) is 0 Å². The Morgan fingerprint density at radius 2 is 1.83 bits per heavy atom. The lowest BCUT2D eigenvalue weighted by Gasteiger charge is -2.08. The lowest BCUT2D eigenvalue weighted by molar-refractivity contribution is 0.0600. The number of hydrogen-bond acceptors (Lipinski definition) is 5. The zero-order chi connectivity index (χ0) is 17.4. The molecule has 0 saturated carbocycles. The summed E-state index contributed by atoms with van der Waals surface area (Å²) in [7, 11) is 1.34. The number of hydrogen-bond donors (Lipinski definition) is 0. The minimum Gasteiger partial charge on any atom is -0.489 e. The topological polar surface area (TPSA) is 83.1 Å². The first-order valence-electron chi connectivity index (χ1n) is 7.08. The molecule has 0 radical (unpaired) electrons. The van der Waals surface area contributed by atoms with Gasteiger partial charge >= 0.3 is 5.97 Å². The van der Waals surface area contributed by atoms with Crippen LogP contribution in [0.3, 0.4) is 0 Å². The quantitative estimate of drug-likeness (QED) is 0.622. The highest BCUT2D eigenvalue weighted by Gasteiger charge is 2.06. The van der Waals surface area contributed by atoms with E-state index in [2.05, 4.69) is 4.74 Å². The van der Waals surface area contributed by atoms with Gasteiger partial charge in [0.2, 0.25) is 0 Å². The number of carbonyl (C=O) groups excluding carboxylic acids is 1. The molecule has 5 heteroatoms. The molecule has 0 spiro atoms. The Labute approximate surface area is 140 Å². The maximum atomic E-state index is 11.5. The summed E-state index contributed by atoms with van der Waals surface area (Å²) >= 11 is 0. The second-order valence-corrected chi connectivity index (χ2v) is 4.83. The minimum absolute atomic E-state index is 0.0447. The second-order valence-electron chi connectivity index (χ2n) is 4.83. The first kappa shape index (κ1) is 16.8. The van der Waals surface area contributed by atoms with Crippen LogP contribution in [0.4, 0.5) is 0 Å². The number of carbonyl (C=O) groups is 1. The van der Waals surface area contributed by atoms with E-state index in [0.29, 0.717) is 17.9 Å². The predicted molar refractivity (Wildman–Crippen MR) is 87.8 cm³/mol. The van der Waals surface area contributed by atoms with Crippen LogP contribution in [-0.4, -0.2) is 13.1 Å². The summed E-state index contributed by atoms with van der Waals surface area (Å²) in [6.45, 7) is 0.307. The van der Waals surface area contributed by atoms with Gasteiger partial charge in [0.25, 0.3) is 0 Å². The van der Waals surface area contributed by atoms with Crippen LogP contribution in [0.1, 0.15) is 21.5 Å². The largest absolute Gasteiger partial charge is 0.489 e. The van der Waals surface area contributed by atoms with E-state index < -0.39 is 5.97 Å². The highest BCUT2D eigenvalue weighted by molar-refractivity contribution is 5.89. The van der Waals surface area contributed by atoms with Crippen molar-refractivity contribution in [3.8, 4) is 17.9 Å². The van der Waals surface area contributed by atoms with Crippen LogP contribution in [0, 0.1) is 22.7 Å². The summed E-state index contributed by atoms with van der Waals surface area (Å²) in [6.07, 6.45) is 1.50. The molecule has 2 rings (SSSR count). The Kier molecular flexibility index (Phi) is 5.71. The SMILES string of the molecule is COC(=O)c1cccc(COc2ccc(C=C(C#N)C#N)cc2)c1. The summed E-state index contributed by atoms with van der Waals surface area (Å²) in [6, 6.07) is 17.7. The van der Waals surface area contributed by atoms with Gasteiger partial charge < -0.3 is 9.47 Å². The van der Waals surface area contributed by atoms with Crippen molar-refractivity contribution in [3.63, 3.8) is 0 Å². The van der Waals surface area contributed by atoms with E-state index in [1.807, 2.05) is 18.2 Å². The number of nitriles is 2. The van der Waals surface area contributed by atoms with E-state index in [9.17, 15) is 4.79 Å². The standard InChI is InChI=1S/C19H14N2O3/c1-23-19(22)17-4-2-3-15(10-17)13-24-18-7-5-14(6-8-18)9-16(11-20)12-21/h2-10H,13H2,1H3. The van der Waals surface area contributed by atoms with Crippen LogP contribution < -0.4 is 4.74 Å². The van der Waals surface area contributed by atoms with Crippen LogP contribution in [-0.2, 0) is 11.3 Å². The Hall–Kier alpha value is -3.57.